The van der Waals surface area contributed by atoms with E-state index in [1.165, 1.54) is 25.2 Å². The molecular weight excluding hydrogens is 493 g/mol. The average molecular weight is 516 g/mol. The number of halogens is 2. The van der Waals surface area contributed by atoms with Gasteiger partial charge in [-0.2, -0.15) is 0 Å². The molecule has 3 aromatic rings. The molecule has 1 saturated heterocycles. The number of primary amides is 1. The largest absolute Gasteiger partial charge is 0.495 e. The van der Waals surface area contributed by atoms with Crippen molar-refractivity contribution in [2.45, 2.75) is 18.5 Å². The van der Waals surface area contributed by atoms with Gasteiger partial charge in [-0.3, -0.25) is 9.59 Å². The first-order valence-electron chi connectivity index (χ1n) is 10.6. The zero-order valence-electron chi connectivity index (χ0n) is 19.0. The average Bonchev–Trinajstić information content (AvgIpc) is 3.28. The van der Waals surface area contributed by atoms with Crippen molar-refractivity contribution >= 4 is 51.9 Å². The number of aromatic nitrogens is 2. The summed E-state index contributed by atoms with van der Waals surface area (Å²) in [7, 11) is 3.03. The van der Waals surface area contributed by atoms with Gasteiger partial charge in [0.15, 0.2) is 0 Å². The van der Waals surface area contributed by atoms with Crippen LogP contribution in [0.3, 0.4) is 0 Å². The van der Waals surface area contributed by atoms with Gasteiger partial charge in [-0.1, -0.05) is 35.8 Å². The number of nitrogens with two attached hydrogens (primary N) is 1. The molecule has 1 aromatic heterocycles. The van der Waals surface area contributed by atoms with Gasteiger partial charge in [-0.25, -0.2) is 9.97 Å². The number of methoxy groups -OCH3 is 2. The monoisotopic (exact) mass is 515 g/mol. The number of nitrogens with zero attached hydrogens (tertiary/aromatic N) is 3. The molecule has 2 atom stereocenters. The fraction of sp³-hybridized carbons (Fsp3) is 0.250. The van der Waals surface area contributed by atoms with E-state index < -0.39 is 11.9 Å². The molecule has 4 rings (SSSR count). The van der Waals surface area contributed by atoms with Crippen LogP contribution in [-0.2, 0) is 9.59 Å². The molecule has 0 radical (unpaired) electrons. The lowest BCUT2D eigenvalue weighted by Crippen LogP contribution is -2.43. The Morgan fingerprint density at radius 1 is 1.20 bits per heavy atom. The van der Waals surface area contributed by atoms with Crippen LogP contribution in [0.15, 0.2) is 43.1 Å². The van der Waals surface area contributed by atoms with Crippen LogP contribution in [0.5, 0.6) is 11.5 Å². The molecule has 0 saturated carbocycles. The number of amides is 2. The summed E-state index contributed by atoms with van der Waals surface area (Å²) in [5, 5.41) is 4.67. The standard InChI is InChI=1S/C24H23Cl2N5O4/c1-4-19(32)31-11-14(8-16(31)23(27)33)29-24-28-10-13-7-12(5-6-15(13)30-24)20-21(25)17(34-2)9-18(35-3)22(20)26/h4-7,9-10,14,16H,1,8,11H2,2-3H3,(H2,27,33)(H,28,29,30)/t14-,16-/m0/s1. The van der Waals surface area contributed by atoms with E-state index in [0.717, 1.165) is 10.9 Å². The van der Waals surface area contributed by atoms with E-state index in [4.69, 9.17) is 38.4 Å². The van der Waals surface area contributed by atoms with E-state index in [9.17, 15) is 9.59 Å². The molecule has 0 spiro atoms. The second-order valence-corrected chi connectivity index (χ2v) is 8.70. The molecule has 1 aliphatic heterocycles. The van der Waals surface area contributed by atoms with Gasteiger partial charge in [-0.05, 0) is 30.2 Å². The molecule has 0 unspecified atom stereocenters. The Hall–Kier alpha value is -3.56. The number of rotatable bonds is 7. The van der Waals surface area contributed by atoms with E-state index in [1.54, 1.807) is 12.3 Å². The van der Waals surface area contributed by atoms with Crippen LogP contribution in [-0.4, -0.2) is 59.5 Å². The minimum Gasteiger partial charge on any atom is -0.495 e. The van der Waals surface area contributed by atoms with Crippen LogP contribution in [0.2, 0.25) is 10.0 Å². The van der Waals surface area contributed by atoms with Gasteiger partial charge < -0.3 is 25.4 Å². The molecule has 9 nitrogen and oxygen atoms in total. The maximum atomic E-state index is 12.1. The van der Waals surface area contributed by atoms with Crippen molar-refractivity contribution < 1.29 is 19.1 Å². The summed E-state index contributed by atoms with van der Waals surface area (Å²) in [6.45, 7) is 3.77. The van der Waals surface area contributed by atoms with Gasteiger partial charge >= 0.3 is 0 Å². The van der Waals surface area contributed by atoms with Crippen molar-refractivity contribution in [1.82, 2.24) is 14.9 Å². The first kappa shape index (κ1) is 24.6. The molecule has 11 heteroatoms. The highest BCUT2D eigenvalue weighted by molar-refractivity contribution is 6.41. The predicted octanol–water partition coefficient (Wildman–Crippen LogP) is 3.67. The second kappa shape index (κ2) is 9.97. The van der Waals surface area contributed by atoms with Crippen molar-refractivity contribution in [1.29, 1.82) is 0 Å². The molecule has 2 aromatic carbocycles. The third-order valence-corrected chi connectivity index (χ3v) is 6.61. The molecule has 0 aliphatic carbocycles. The smallest absolute Gasteiger partial charge is 0.246 e. The number of benzene rings is 2. The van der Waals surface area contributed by atoms with Crippen molar-refractivity contribution in [2.24, 2.45) is 5.73 Å². The summed E-state index contributed by atoms with van der Waals surface area (Å²) in [6.07, 6.45) is 3.18. The summed E-state index contributed by atoms with van der Waals surface area (Å²) >= 11 is 13.1. The van der Waals surface area contributed by atoms with Crippen LogP contribution in [0, 0.1) is 0 Å². The topological polar surface area (TPSA) is 120 Å². The zero-order chi connectivity index (χ0) is 25.3. The number of ether oxygens (including phenoxy) is 2. The lowest BCUT2D eigenvalue weighted by molar-refractivity contribution is -0.133. The van der Waals surface area contributed by atoms with Crippen LogP contribution in [0.25, 0.3) is 22.0 Å². The molecule has 35 heavy (non-hydrogen) atoms. The summed E-state index contributed by atoms with van der Waals surface area (Å²) in [6, 6.07) is 6.21. The third-order valence-electron chi connectivity index (χ3n) is 5.86. The van der Waals surface area contributed by atoms with Gasteiger partial charge in [0.05, 0.1) is 29.8 Å². The molecule has 0 bridgehead atoms. The highest BCUT2D eigenvalue weighted by Gasteiger charge is 2.38. The fourth-order valence-electron chi connectivity index (χ4n) is 4.15. The molecule has 2 amide bonds. The van der Waals surface area contributed by atoms with Crippen molar-refractivity contribution in [3.63, 3.8) is 0 Å². The number of carbonyl (C=O) groups is 2. The minimum absolute atomic E-state index is 0.241. The van der Waals surface area contributed by atoms with Gasteiger partial charge in [-0.15, -0.1) is 0 Å². The van der Waals surface area contributed by atoms with E-state index >= 15 is 0 Å². The van der Waals surface area contributed by atoms with Gasteiger partial charge in [0.1, 0.15) is 17.5 Å². The van der Waals surface area contributed by atoms with E-state index in [0.29, 0.717) is 45.0 Å². The molecule has 182 valence electrons. The number of hydrogen-bond acceptors (Lipinski definition) is 7. The van der Waals surface area contributed by atoms with Crippen LogP contribution in [0.1, 0.15) is 6.42 Å². The minimum atomic E-state index is -0.713. The highest BCUT2D eigenvalue weighted by atomic mass is 35.5. The molecule has 2 heterocycles. The second-order valence-electron chi connectivity index (χ2n) is 7.94. The Labute approximate surface area is 211 Å². The van der Waals surface area contributed by atoms with Crippen LogP contribution >= 0.6 is 23.2 Å². The van der Waals surface area contributed by atoms with Crippen LogP contribution in [0.4, 0.5) is 5.95 Å². The Morgan fingerprint density at radius 2 is 1.89 bits per heavy atom. The SMILES string of the molecule is C=CC(=O)N1C[C@@H](Nc2ncc3cc(-c4c(Cl)c(OC)cc(OC)c4Cl)ccc3n2)C[C@H]1C(N)=O. The molecular formula is C24H23Cl2N5O4. The van der Waals surface area contributed by atoms with Crippen LogP contribution < -0.4 is 20.5 Å². The Kier molecular flexibility index (Phi) is 7.00. The summed E-state index contributed by atoms with van der Waals surface area (Å²) in [4.78, 5) is 34.2. The highest BCUT2D eigenvalue weighted by Crippen LogP contribution is 2.46. The number of fused-ring (bicyclic) bond motifs is 1. The lowest BCUT2D eigenvalue weighted by Gasteiger charge is -2.20. The Balaban J connectivity index is 1.62. The Bertz CT molecular complexity index is 1300. The van der Waals surface area contributed by atoms with Crippen molar-refractivity contribution in [3.05, 3.63) is 53.2 Å². The van der Waals surface area contributed by atoms with Crippen molar-refractivity contribution in [2.75, 3.05) is 26.1 Å². The van der Waals surface area contributed by atoms with Crippen molar-refractivity contribution in [3.8, 4) is 22.6 Å². The molecule has 3 N–H and O–H groups in total. The fourth-order valence-corrected chi connectivity index (χ4v) is 4.87. The number of likely N-dealkylation sites (tertiary alicyclic amines) is 1. The van der Waals surface area contributed by atoms with E-state index in [1.807, 2.05) is 18.2 Å². The van der Waals surface area contributed by atoms with E-state index in [2.05, 4.69) is 21.9 Å². The third kappa shape index (κ3) is 4.69. The van der Waals surface area contributed by atoms with E-state index in [-0.39, 0.29) is 18.5 Å². The number of nitrogens with one attached hydrogen (secondary N) is 1. The lowest BCUT2D eigenvalue weighted by atomic mass is 10.0. The number of anilines is 1. The summed E-state index contributed by atoms with van der Waals surface area (Å²) in [5.74, 6) is 0.326. The molecule has 1 fully saturated rings. The predicted molar refractivity (Wildman–Crippen MR) is 135 cm³/mol. The zero-order valence-corrected chi connectivity index (χ0v) is 20.6. The normalized spacial score (nSPS) is 17.3. The summed E-state index contributed by atoms with van der Waals surface area (Å²) in [5.41, 5.74) is 7.46. The van der Waals surface area contributed by atoms with Gasteiger partial charge in [0.2, 0.25) is 17.8 Å². The first-order valence-corrected chi connectivity index (χ1v) is 11.4. The Morgan fingerprint density at radius 3 is 2.49 bits per heavy atom. The number of hydrogen-bond donors (Lipinski definition) is 2. The maximum Gasteiger partial charge on any atom is 0.246 e. The molecule has 1 aliphatic rings. The summed E-state index contributed by atoms with van der Waals surface area (Å²) < 4.78 is 10.7. The van der Waals surface area contributed by atoms with Gasteiger partial charge in [0.25, 0.3) is 0 Å². The first-order chi connectivity index (χ1) is 16.8. The maximum absolute atomic E-state index is 12.1. The number of carbonyl (C=O) groups excluding carboxylic acids is 2. The quantitative estimate of drug-likeness (QED) is 0.460. The van der Waals surface area contributed by atoms with Gasteiger partial charge in [0, 0.05) is 35.8 Å².